The molecule has 5 nitrogen and oxygen atoms in total. The zero-order valence-electron chi connectivity index (χ0n) is 8.03. The van der Waals surface area contributed by atoms with Crippen molar-refractivity contribution in [1.82, 2.24) is 4.72 Å². The summed E-state index contributed by atoms with van der Waals surface area (Å²) in [6, 6.07) is 0. The largest absolute Gasteiger partial charge is 0.359 e. The number of carbonyl (C=O) groups excluding carboxylic acids is 1. The lowest BCUT2D eigenvalue weighted by molar-refractivity contribution is -0.123. The van der Waals surface area contributed by atoms with Crippen LogP contribution in [0.4, 0.5) is 0 Å². The number of rotatable bonds is 5. The zero-order valence-corrected chi connectivity index (χ0v) is 9.60. The van der Waals surface area contributed by atoms with Gasteiger partial charge in [0.25, 0.3) is 0 Å². The maximum absolute atomic E-state index is 11.2. The van der Waals surface area contributed by atoms with Crippen molar-refractivity contribution in [3.05, 3.63) is 0 Å². The van der Waals surface area contributed by atoms with Crippen LogP contribution >= 0.6 is 11.6 Å². The minimum absolute atomic E-state index is 0. The van der Waals surface area contributed by atoms with Gasteiger partial charge in [-0.1, -0.05) is 36.6 Å². The van der Waals surface area contributed by atoms with Gasteiger partial charge < -0.3 is 0 Å². The van der Waals surface area contributed by atoms with Crippen LogP contribution in [0.15, 0.2) is 0 Å². The fraction of sp³-hybridized carbons (Fsp3) is 0.909. The molecular weight excluding hydrogens is 278 g/mol. The van der Waals surface area contributed by atoms with E-state index in [0.717, 1.165) is 0 Å². The van der Waals surface area contributed by atoms with Gasteiger partial charge in [0.05, 0.1) is 0 Å². The lowest BCUT2D eigenvalue weighted by Crippen LogP contribution is -2.35. The van der Waals surface area contributed by atoms with Gasteiger partial charge in [-0.2, -0.15) is 8.42 Å². The van der Waals surface area contributed by atoms with E-state index in [0.29, 0.717) is 12.8 Å². The number of amides is 1. The molecule has 0 aromatic carbocycles. The molecule has 116 valence electrons. The van der Waals surface area contributed by atoms with E-state index in [4.69, 9.17) is 16.2 Å². The van der Waals surface area contributed by atoms with Crippen LogP contribution in [0.2, 0.25) is 0 Å². The van der Waals surface area contributed by atoms with Gasteiger partial charge in [0, 0.05) is 11.3 Å². The molecule has 0 spiro atoms. The summed E-state index contributed by atoms with van der Waals surface area (Å²) in [5, 5.41) is -0.216. The molecule has 0 bridgehead atoms. The van der Waals surface area contributed by atoms with E-state index in [-0.39, 0.29) is 35.1 Å². The highest BCUT2D eigenvalue weighted by molar-refractivity contribution is 7.84. The number of nitrogens with one attached hydrogen (secondary N) is 1. The molecule has 0 rings (SSSR count). The van der Waals surface area contributed by atoms with Crippen molar-refractivity contribution in [2.24, 2.45) is 5.92 Å². The summed E-state index contributed by atoms with van der Waals surface area (Å²) >= 11 is 5.67. The summed E-state index contributed by atoms with van der Waals surface area (Å²) < 4.78 is 30.6. The molecular formula is C11H30ClNO4S. The Labute approximate surface area is 118 Å². The third-order valence-electron chi connectivity index (χ3n) is 1.70. The second kappa shape index (κ2) is 13.1. The monoisotopic (exact) mass is 307 g/mol. The predicted octanol–water partition coefficient (Wildman–Crippen LogP) is 3.49. The number of alkyl halides is 1. The van der Waals surface area contributed by atoms with E-state index in [9.17, 15) is 13.2 Å². The Morgan fingerprint density at radius 3 is 1.89 bits per heavy atom. The van der Waals surface area contributed by atoms with Gasteiger partial charge in [-0.05, 0) is 19.8 Å². The Kier molecular flexibility index (Phi) is 22.3. The molecule has 0 aliphatic rings. The molecule has 2 atom stereocenters. The third-order valence-corrected chi connectivity index (χ3v) is 2.34. The van der Waals surface area contributed by atoms with Crippen LogP contribution in [0.25, 0.3) is 0 Å². The molecule has 7 heteroatoms. The average Bonchev–Trinajstić information content (AvgIpc) is 1.96. The Balaban J connectivity index is -0.000000141. The first-order chi connectivity index (χ1) is 6.26. The van der Waals surface area contributed by atoms with Crippen molar-refractivity contribution in [2.45, 2.75) is 61.8 Å². The molecule has 2 N–H and O–H groups in total. The second-order valence-corrected chi connectivity index (χ2v) is 4.96. The summed E-state index contributed by atoms with van der Waals surface area (Å²) in [5.41, 5.74) is 0. The molecule has 18 heavy (non-hydrogen) atoms. The first-order valence-electron chi connectivity index (χ1n) is 4.19. The Morgan fingerprint density at radius 2 is 1.67 bits per heavy atom. The predicted molar refractivity (Wildman–Crippen MR) is 80.3 cm³/mol. The van der Waals surface area contributed by atoms with Crippen LogP contribution < -0.4 is 4.72 Å². The van der Waals surface area contributed by atoms with Gasteiger partial charge in [0.1, 0.15) is 0 Å². The van der Waals surface area contributed by atoms with Crippen LogP contribution in [0, 0.1) is 5.92 Å². The van der Waals surface area contributed by atoms with E-state index in [1.807, 2.05) is 0 Å². The van der Waals surface area contributed by atoms with E-state index in [1.165, 1.54) is 4.72 Å². The fourth-order valence-electron chi connectivity index (χ4n) is 1.06. The lowest BCUT2D eigenvalue weighted by atomic mass is 10.0. The van der Waals surface area contributed by atoms with Crippen LogP contribution in [0.3, 0.4) is 0 Å². The van der Waals surface area contributed by atoms with Crippen molar-refractivity contribution in [3.8, 4) is 0 Å². The van der Waals surface area contributed by atoms with Gasteiger partial charge in [-0.3, -0.25) is 9.35 Å². The molecule has 0 fully saturated rings. The molecule has 0 aromatic rings. The standard InChI is InChI=1S/C7H14ClNO4S.4CH4/c1-3-6(4-5(2)8)7(10)9-14(11,12)13;;;;/h5-6H,3-4H2,1-2H3,(H,9,10)(H,11,12,13);4*1H4. The highest BCUT2D eigenvalue weighted by Crippen LogP contribution is 2.14. The third kappa shape index (κ3) is 15.7. The molecule has 0 saturated heterocycles. The van der Waals surface area contributed by atoms with E-state index < -0.39 is 22.1 Å². The highest BCUT2D eigenvalue weighted by Gasteiger charge is 2.21. The van der Waals surface area contributed by atoms with E-state index in [1.54, 1.807) is 13.8 Å². The van der Waals surface area contributed by atoms with Gasteiger partial charge >= 0.3 is 10.3 Å². The van der Waals surface area contributed by atoms with Gasteiger partial charge in [0.2, 0.25) is 5.91 Å². The van der Waals surface area contributed by atoms with Crippen LogP contribution in [0.5, 0.6) is 0 Å². The Hall–Kier alpha value is -0.330. The zero-order chi connectivity index (χ0) is 11.4. The number of hydrogen-bond acceptors (Lipinski definition) is 3. The highest BCUT2D eigenvalue weighted by atomic mass is 35.5. The SMILES string of the molecule is C.C.C.C.CCC(CC(C)Cl)C(=O)NS(=O)(=O)O. The molecule has 0 saturated carbocycles. The second-order valence-electron chi connectivity index (χ2n) is 3.06. The van der Waals surface area contributed by atoms with Crippen LogP contribution in [0.1, 0.15) is 56.4 Å². The summed E-state index contributed by atoms with van der Waals surface area (Å²) in [5.74, 6) is -1.22. The van der Waals surface area contributed by atoms with Gasteiger partial charge in [-0.15, -0.1) is 11.6 Å². The molecule has 0 aromatic heterocycles. The van der Waals surface area contributed by atoms with Crippen LogP contribution in [-0.4, -0.2) is 24.3 Å². The fourth-order valence-corrected chi connectivity index (χ4v) is 1.70. The van der Waals surface area contributed by atoms with E-state index >= 15 is 0 Å². The first-order valence-corrected chi connectivity index (χ1v) is 6.07. The average molecular weight is 308 g/mol. The molecule has 0 heterocycles. The molecule has 0 aliphatic heterocycles. The minimum atomic E-state index is -4.46. The number of carbonyl (C=O) groups is 1. The number of halogens is 1. The summed E-state index contributed by atoms with van der Waals surface area (Å²) in [6.45, 7) is 3.46. The summed E-state index contributed by atoms with van der Waals surface area (Å²) in [7, 11) is -4.46. The quantitative estimate of drug-likeness (QED) is 0.601. The van der Waals surface area contributed by atoms with E-state index in [2.05, 4.69) is 0 Å². The summed E-state index contributed by atoms with van der Waals surface area (Å²) in [6.07, 6.45) is 0.845. The van der Waals surface area contributed by atoms with Crippen molar-refractivity contribution in [3.63, 3.8) is 0 Å². The molecule has 0 aliphatic carbocycles. The smallest absolute Gasteiger partial charge is 0.274 e. The van der Waals surface area contributed by atoms with Crippen molar-refractivity contribution < 1.29 is 17.8 Å². The Morgan fingerprint density at radius 1 is 1.28 bits per heavy atom. The first kappa shape index (κ1) is 30.6. The van der Waals surface area contributed by atoms with Gasteiger partial charge in [0.15, 0.2) is 0 Å². The molecule has 0 radical (unpaired) electrons. The van der Waals surface area contributed by atoms with Gasteiger partial charge in [-0.25, -0.2) is 4.72 Å². The molecule has 1 amide bonds. The Bertz CT molecular complexity index is 291. The lowest BCUT2D eigenvalue weighted by Gasteiger charge is -2.14. The van der Waals surface area contributed by atoms with Crippen molar-refractivity contribution in [2.75, 3.05) is 0 Å². The topological polar surface area (TPSA) is 83.5 Å². The minimum Gasteiger partial charge on any atom is -0.274 e. The summed E-state index contributed by atoms with van der Waals surface area (Å²) in [4.78, 5) is 11.2. The van der Waals surface area contributed by atoms with Crippen LogP contribution in [-0.2, 0) is 15.1 Å². The van der Waals surface area contributed by atoms with Crippen molar-refractivity contribution >= 4 is 27.8 Å². The normalized spacial score (nSPS) is 12.4. The van der Waals surface area contributed by atoms with Crippen molar-refractivity contribution in [1.29, 1.82) is 0 Å². The maximum Gasteiger partial charge on any atom is 0.359 e. The number of hydrogen-bond donors (Lipinski definition) is 2. The molecule has 2 unspecified atom stereocenters. The maximum atomic E-state index is 11.2.